The van der Waals surface area contributed by atoms with Gasteiger partial charge in [0.1, 0.15) is 0 Å². The topological polar surface area (TPSA) is 53.6 Å². The zero-order chi connectivity index (χ0) is 20.1. The lowest BCUT2D eigenvalue weighted by Gasteiger charge is -2.26. The maximum Gasteiger partial charge on any atom is 0.258 e. The molecule has 0 aromatic heterocycles. The van der Waals surface area contributed by atoms with Crippen LogP contribution in [-0.2, 0) is 11.3 Å². The lowest BCUT2D eigenvalue weighted by atomic mass is 10.0. The van der Waals surface area contributed by atoms with Crippen LogP contribution >= 0.6 is 12.2 Å². The van der Waals surface area contributed by atoms with Crippen molar-refractivity contribution in [3.8, 4) is 0 Å². The summed E-state index contributed by atoms with van der Waals surface area (Å²) in [6.45, 7) is 4.43. The highest BCUT2D eigenvalue weighted by atomic mass is 32.1. The number of carbonyl (C=O) groups excluding carboxylic acids is 1. The van der Waals surface area contributed by atoms with Gasteiger partial charge in [-0.15, -0.1) is 0 Å². The Hall–Kier alpha value is -2.80. The van der Waals surface area contributed by atoms with Gasteiger partial charge in [-0.05, 0) is 46.8 Å². The average molecular weight is 406 g/mol. The van der Waals surface area contributed by atoms with E-state index in [0.29, 0.717) is 5.56 Å². The molecule has 6 heteroatoms. The molecule has 0 atom stereocenters. The zero-order valence-electron chi connectivity index (χ0n) is 16.1. The van der Waals surface area contributed by atoms with Gasteiger partial charge in [0.05, 0.1) is 13.2 Å². The summed E-state index contributed by atoms with van der Waals surface area (Å²) >= 11 is 5.33. The van der Waals surface area contributed by atoms with E-state index in [9.17, 15) is 4.79 Å². The third kappa shape index (κ3) is 4.98. The summed E-state index contributed by atoms with van der Waals surface area (Å²) in [4.78, 5) is 15.1. The number of carbonyl (C=O) groups is 1. The second kappa shape index (κ2) is 9.13. The molecule has 0 unspecified atom stereocenters. The molecule has 1 fully saturated rings. The van der Waals surface area contributed by atoms with E-state index in [1.165, 1.54) is 5.56 Å². The molecule has 0 aliphatic carbocycles. The van der Waals surface area contributed by atoms with E-state index >= 15 is 0 Å². The molecule has 1 aliphatic rings. The molecule has 0 radical (unpaired) electrons. The van der Waals surface area contributed by atoms with Gasteiger partial charge in [0.2, 0.25) is 0 Å². The Morgan fingerprint density at radius 1 is 0.966 bits per heavy atom. The fourth-order valence-corrected chi connectivity index (χ4v) is 3.68. The standard InChI is InChI=1S/C23H23N3O2S/c27-22(21-7-3-5-18-4-1-2-6-20(18)21)25-23(29)24-19-10-8-17(9-11-19)16-26-12-14-28-15-13-26/h1-11H,12-16H2,(H2,24,25,27,29). The molecule has 3 aromatic rings. The molecule has 3 aromatic carbocycles. The third-order valence-electron chi connectivity index (χ3n) is 4.98. The monoisotopic (exact) mass is 405 g/mol. The molecule has 1 saturated heterocycles. The fraction of sp³-hybridized carbons (Fsp3) is 0.217. The lowest BCUT2D eigenvalue weighted by molar-refractivity contribution is 0.0342. The minimum atomic E-state index is -0.219. The van der Waals surface area contributed by atoms with Crippen molar-refractivity contribution in [3.63, 3.8) is 0 Å². The molecule has 1 heterocycles. The van der Waals surface area contributed by atoms with Crippen LogP contribution < -0.4 is 10.6 Å². The van der Waals surface area contributed by atoms with Gasteiger partial charge >= 0.3 is 0 Å². The highest BCUT2D eigenvalue weighted by Crippen LogP contribution is 2.18. The summed E-state index contributed by atoms with van der Waals surface area (Å²) in [5.74, 6) is -0.219. The number of hydrogen-bond acceptors (Lipinski definition) is 4. The second-order valence-electron chi connectivity index (χ2n) is 7.02. The largest absolute Gasteiger partial charge is 0.379 e. The summed E-state index contributed by atoms with van der Waals surface area (Å²) in [5, 5.41) is 8.07. The number of benzene rings is 3. The maximum atomic E-state index is 12.7. The van der Waals surface area contributed by atoms with Gasteiger partial charge in [0, 0.05) is 30.9 Å². The molecule has 1 amide bonds. The average Bonchev–Trinajstić information content (AvgIpc) is 2.75. The fourth-order valence-electron chi connectivity index (χ4n) is 3.47. The van der Waals surface area contributed by atoms with Gasteiger partial charge in [0.15, 0.2) is 5.11 Å². The van der Waals surface area contributed by atoms with Gasteiger partial charge < -0.3 is 10.1 Å². The number of hydrogen-bond donors (Lipinski definition) is 2. The van der Waals surface area contributed by atoms with Crippen molar-refractivity contribution in [2.75, 3.05) is 31.6 Å². The number of morpholine rings is 1. The van der Waals surface area contributed by atoms with Crippen molar-refractivity contribution in [2.24, 2.45) is 0 Å². The van der Waals surface area contributed by atoms with Crippen LogP contribution in [0.4, 0.5) is 5.69 Å². The first-order valence-electron chi connectivity index (χ1n) is 9.68. The highest BCUT2D eigenvalue weighted by molar-refractivity contribution is 7.80. The van der Waals surface area contributed by atoms with Crippen LogP contribution in [0.3, 0.4) is 0 Å². The summed E-state index contributed by atoms with van der Waals surface area (Å²) in [6.07, 6.45) is 0. The van der Waals surface area contributed by atoms with Crippen molar-refractivity contribution < 1.29 is 9.53 Å². The number of amides is 1. The van der Waals surface area contributed by atoms with Crippen molar-refractivity contribution in [3.05, 3.63) is 77.9 Å². The van der Waals surface area contributed by atoms with Crippen LogP contribution in [0.5, 0.6) is 0 Å². The molecule has 5 nitrogen and oxygen atoms in total. The lowest BCUT2D eigenvalue weighted by Crippen LogP contribution is -2.35. The van der Waals surface area contributed by atoms with Gasteiger partial charge in [0.25, 0.3) is 5.91 Å². The predicted molar refractivity (Wildman–Crippen MR) is 120 cm³/mol. The summed E-state index contributed by atoms with van der Waals surface area (Å²) < 4.78 is 5.39. The van der Waals surface area contributed by atoms with Crippen molar-refractivity contribution in [2.45, 2.75) is 6.54 Å². The Balaban J connectivity index is 1.36. The van der Waals surface area contributed by atoms with Crippen molar-refractivity contribution >= 4 is 39.7 Å². The van der Waals surface area contributed by atoms with E-state index in [1.54, 1.807) is 6.07 Å². The molecule has 0 spiro atoms. The number of anilines is 1. The van der Waals surface area contributed by atoms with E-state index in [0.717, 1.165) is 49.3 Å². The number of ether oxygens (including phenoxy) is 1. The maximum absolute atomic E-state index is 12.7. The summed E-state index contributed by atoms with van der Waals surface area (Å²) in [5.41, 5.74) is 2.69. The zero-order valence-corrected chi connectivity index (χ0v) is 16.9. The Bertz CT molecular complexity index is 1010. The first-order chi connectivity index (χ1) is 14.2. The Morgan fingerprint density at radius 3 is 2.48 bits per heavy atom. The first-order valence-corrected chi connectivity index (χ1v) is 10.1. The molecule has 0 bridgehead atoms. The Morgan fingerprint density at radius 2 is 1.69 bits per heavy atom. The number of rotatable bonds is 4. The predicted octanol–water partition coefficient (Wildman–Crippen LogP) is 3.80. The molecule has 0 saturated carbocycles. The van der Waals surface area contributed by atoms with Crippen LogP contribution in [0, 0.1) is 0 Å². The third-order valence-corrected chi connectivity index (χ3v) is 5.19. The van der Waals surface area contributed by atoms with Crippen LogP contribution in [0.1, 0.15) is 15.9 Å². The second-order valence-corrected chi connectivity index (χ2v) is 7.43. The molecule has 29 heavy (non-hydrogen) atoms. The summed E-state index contributed by atoms with van der Waals surface area (Å²) in [6, 6.07) is 21.6. The quantitative estimate of drug-likeness (QED) is 0.647. The van der Waals surface area contributed by atoms with Crippen molar-refractivity contribution in [1.82, 2.24) is 10.2 Å². The number of nitrogens with zero attached hydrogens (tertiary/aromatic N) is 1. The van der Waals surface area contributed by atoms with E-state index in [4.69, 9.17) is 17.0 Å². The van der Waals surface area contributed by atoms with Gasteiger partial charge in [-0.2, -0.15) is 0 Å². The smallest absolute Gasteiger partial charge is 0.258 e. The van der Waals surface area contributed by atoms with E-state index in [1.807, 2.05) is 48.5 Å². The minimum Gasteiger partial charge on any atom is -0.379 e. The van der Waals surface area contributed by atoms with Gasteiger partial charge in [-0.1, -0.05) is 48.5 Å². The van der Waals surface area contributed by atoms with Gasteiger partial charge in [-0.3, -0.25) is 15.0 Å². The Labute approximate surface area is 175 Å². The van der Waals surface area contributed by atoms with Crippen LogP contribution in [0.2, 0.25) is 0 Å². The first kappa shape index (κ1) is 19.5. The van der Waals surface area contributed by atoms with Crippen molar-refractivity contribution in [1.29, 1.82) is 0 Å². The number of thiocarbonyl (C=S) groups is 1. The van der Waals surface area contributed by atoms with Crippen LogP contribution in [0.25, 0.3) is 10.8 Å². The van der Waals surface area contributed by atoms with E-state index in [-0.39, 0.29) is 11.0 Å². The van der Waals surface area contributed by atoms with E-state index in [2.05, 4.69) is 27.7 Å². The number of fused-ring (bicyclic) bond motifs is 1. The molecule has 148 valence electrons. The molecule has 2 N–H and O–H groups in total. The normalized spacial score (nSPS) is 14.5. The minimum absolute atomic E-state index is 0.219. The van der Waals surface area contributed by atoms with E-state index < -0.39 is 0 Å². The molecular weight excluding hydrogens is 382 g/mol. The molecule has 4 rings (SSSR count). The SMILES string of the molecule is O=C(NC(=S)Nc1ccc(CN2CCOCC2)cc1)c1cccc2ccccc12. The van der Waals surface area contributed by atoms with Gasteiger partial charge in [-0.25, -0.2) is 0 Å². The highest BCUT2D eigenvalue weighted by Gasteiger charge is 2.12. The number of nitrogens with one attached hydrogen (secondary N) is 2. The Kier molecular flexibility index (Phi) is 6.14. The summed E-state index contributed by atoms with van der Waals surface area (Å²) in [7, 11) is 0. The molecular formula is C23H23N3O2S. The van der Waals surface area contributed by atoms with Crippen LogP contribution in [0.15, 0.2) is 66.7 Å². The molecule has 1 aliphatic heterocycles. The van der Waals surface area contributed by atoms with Crippen LogP contribution in [-0.4, -0.2) is 42.2 Å².